The van der Waals surface area contributed by atoms with Crippen LogP contribution in [0.1, 0.15) is 29.5 Å². The Labute approximate surface area is 202 Å². The van der Waals surface area contributed by atoms with Crippen LogP contribution in [0.4, 0.5) is 32.2 Å². The number of benzene rings is 1. The largest absolute Gasteiger partial charge is 0.434 e. The number of nitrogens with zero attached hydrogens (tertiary/aromatic N) is 5. The molecule has 1 saturated heterocycles. The van der Waals surface area contributed by atoms with Gasteiger partial charge in [0.1, 0.15) is 11.6 Å². The second-order valence-electron chi connectivity index (χ2n) is 8.78. The zero-order chi connectivity index (χ0) is 26.3. The fraction of sp³-hybridized carbons (Fsp3) is 0.391. The van der Waals surface area contributed by atoms with E-state index in [-0.39, 0.29) is 23.6 Å². The normalized spacial score (nSPS) is 19.8. The van der Waals surface area contributed by atoms with Gasteiger partial charge in [0.2, 0.25) is 0 Å². The Morgan fingerprint density at radius 1 is 1.22 bits per heavy atom. The van der Waals surface area contributed by atoms with Gasteiger partial charge in [0.05, 0.1) is 25.0 Å². The first-order chi connectivity index (χ1) is 16.8. The molecule has 1 fully saturated rings. The van der Waals surface area contributed by atoms with Gasteiger partial charge >= 0.3 is 6.18 Å². The number of halogens is 6. The molecule has 192 valence electrons. The molecular formula is C23H22F6N6O. The molecule has 2 aromatic heterocycles. The quantitative estimate of drug-likeness (QED) is 0.505. The van der Waals surface area contributed by atoms with Crippen LogP contribution in [0.15, 0.2) is 42.9 Å². The number of amides is 1. The molecule has 0 aliphatic carbocycles. The van der Waals surface area contributed by atoms with Crippen LogP contribution in [0.25, 0.3) is 11.1 Å². The predicted molar refractivity (Wildman–Crippen MR) is 118 cm³/mol. The van der Waals surface area contributed by atoms with E-state index in [0.717, 1.165) is 11.1 Å². The molecule has 1 N–H and O–H groups in total. The lowest BCUT2D eigenvalue weighted by Crippen LogP contribution is -2.57. The maximum absolute atomic E-state index is 14.5. The zero-order valence-corrected chi connectivity index (χ0v) is 19.2. The fourth-order valence-electron chi connectivity index (χ4n) is 4.30. The van der Waals surface area contributed by atoms with Crippen LogP contribution in [0.3, 0.4) is 0 Å². The maximum Gasteiger partial charge on any atom is 0.434 e. The zero-order valence-electron chi connectivity index (χ0n) is 19.2. The van der Waals surface area contributed by atoms with Gasteiger partial charge in [-0.2, -0.15) is 18.3 Å². The van der Waals surface area contributed by atoms with Crippen molar-refractivity contribution >= 4 is 11.7 Å². The summed E-state index contributed by atoms with van der Waals surface area (Å²) in [7, 11) is 1.55. The Morgan fingerprint density at radius 2 is 1.97 bits per heavy atom. The van der Waals surface area contributed by atoms with Crippen molar-refractivity contribution in [1.82, 2.24) is 24.6 Å². The highest BCUT2D eigenvalue weighted by molar-refractivity contribution is 5.99. The average molecular weight is 512 g/mol. The van der Waals surface area contributed by atoms with Gasteiger partial charge in [-0.15, -0.1) is 0 Å². The van der Waals surface area contributed by atoms with Crippen molar-refractivity contribution in [3.63, 3.8) is 0 Å². The van der Waals surface area contributed by atoms with Gasteiger partial charge < -0.3 is 10.2 Å². The standard InChI is InChI=1S/C23H22F6N6O/c1-13-7-22(25,26)12-35(17(13)8-31-19-10-30-18(9-32-19)23(27,28)29)21(36)20-16(11-34(2)33-20)14-4-3-5-15(24)6-14/h3-6,9-11,13,17H,7-8,12H2,1-2H3,(H,31,32)/t13-,17-/m1/s1. The number of hydrogen-bond acceptors (Lipinski definition) is 5. The number of hydrogen-bond donors (Lipinski definition) is 1. The van der Waals surface area contributed by atoms with Crippen molar-refractivity contribution in [1.29, 1.82) is 0 Å². The summed E-state index contributed by atoms with van der Waals surface area (Å²) in [5.74, 6) is -5.14. The number of anilines is 1. The number of nitrogens with one attached hydrogen (secondary N) is 1. The summed E-state index contributed by atoms with van der Waals surface area (Å²) in [4.78, 5) is 21.5. The molecule has 3 aromatic rings. The first-order valence-corrected chi connectivity index (χ1v) is 11.0. The Bertz CT molecular complexity index is 1240. The van der Waals surface area contributed by atoms with Crippen LogP contribution >= 0.6 is 0 Å². The van der Waals surface area contributed by atoms with Crippen LogP contribution in [-0.4, -0.2) is 55.6 Å². The smallest absolute Gasteiger partial charge is 0.367 e. The van der Waals surface area contributed by atoms with E-state index in [2.05, 4.69) is 20.4 Å². The van der Waals surface area contributed by atoms with Crippen LogP contribution < -0.4 is 5.32 Å². The number of alkyl halides is 5. The van der Waals surface area contributed by atoms with Crippen LogP contribution in [0.5, 0.6) is 0 Å². The van der Waals surface area contributed by atoms with E-state index < -0.39 is 54.4 Å². The van der Waals surface area contributed by atoms with Crippen molar-refractivity contribution in [2.45, 2.75) is 31.5 Å². The summed E-state index contributed by atoms with van der Waals surface area (Å²) < 4.78 is 82.4. The predicted octanol–water partition coefficient (Wildman–Crippen LogP) is 4.63. The average Bonchev–Trinajstić information content (AvgIpc) is 3.18. The molecule has 0 radical (unpaired) electrons. The van der Waals surface area contributed by atoms with Gasteiger partial charge in [-0.3, -0.25) is 9.48 Å². The molecule has 0 saturated carbocycles. The molecule has 2 atom stereocenters. The number of aryl methyl sites for hydroxylation is 1. The van der Waals surface area contributed by atoms with Gasteiger partial charge in [-0.05, 0) is 23.6 Å². The van der Waals surface area contributed by atoms with Crippen LogP contribution in [0, 0.1) is 11.7 Å². The van der Waals surface area contributed by atoms with Gasteiger partial charge in [0.25, 0.3) is 11.8 Å². The highest BCUT2D eigenvalue weighted by Crippen LogP contribution is 2.36. The van der Waals surface area contributed by atoms with Gasteiger partial charge in [0.15, 0.2) is 11.4 Å². The van der Waals surface area contributed by atoms with E-state index in [4.69, 9.17) is 0 Å². The Morgan fingerprint density at radius 3 is 2.61 bits per heavy atom. The first-order valence-electron chi connectivity index (χ1n) is 11.0. The Balaban J connectivity index is 1.61. The number of piperidine rings is 1. The molecule has 7 nitrogen and oxygen atoms in total. The summed E-state index contributed by atoms with van der Waals surface area (Å²) in [5, 5.41) is 6.95. The highest BCUT2D eigenvalue weighted by Gasteiger charge is 2.47. The maximum atomic E-state index is 14.5. The van der Waals surface area contributed by atoms with Crippen molar-refractivity contribution in [2.24, 2.45) is 13.0 Å². The topological polar surface area (TPSA) is 75.9 Å². The second-order valence-corrected chi connectivity index (χ2v) is 8.78. The number of likely N-dealkylation sites (tertiary alicyclic amines) is 1. The molecular weight excluding hydrogens is 490 g/mol. The minimum atomic E-state index is -4.65. The number of carbonyl (C=O) groups is 1. The van der Waals surface area contributed by atoms with Crippen molar-refractivity contribution in [3.05, 3.63) is 60.1 Å². The third kappa shape index (κ3) is 5.44. The molecule has 1 amide bonds. The fourth-order valence-corrected chi connectivity index (χ4v) is 4.30. The molecule has 1 aliphatic rings. The van der Waals surface area contributed by atoms with Gasteiger partial charge in [-0.1, -0.05) is 19.1 Å². The van der Waals surface area contributed by atoms with E-state index in [9.17, 15) is 31.1 Å². The molecule has 0 unspecified atom stereocenters. The summed E-state index contributed by atoms with van der Waals surface area (Å²) in [6.07, 6.45) is -2.19. The first kappa shape index (κ1) is 25.5. The van der Waals surface area contributed by atoms with Crippen molar-refractivity contribution < 1.29 is 31.1 Å². The number of aromatic nitrogens is 4. The molecule has 13 heteroatoms. The molecule has 0 spiro atoms. The van der Waals surface area contributed by atoms with Crippen molar-refractivity contribution in [2.75, 3.05) is 18.4 Å². The summed E-state index contributed by atoms with van der Waals surface area (Å²) in [6, 6.07) is 4.72. The lowest BCUT2D eigenvalue weighted by atomic mass is 9.88. The molecule has 3 heterocycles. The molecule has 1 aromatic carbocycles. The van der Waals surface area contributed by atoms with Gasteiger partial charge in [-0.25, -0.2) is 23.1 Å². The number of carbonyl (C=O) groups excluding carboxylic acids is 1. The lowest BCUT2D eigenvalue weighted by Gasteiger charge is -2.43. The van der Waals surface area contributed by atoms with E-state index in [0.29, 0.717) is 11.8 Å². The van der Waals surface area contributed by atoms with Crippen LogP contribution in [0.2, 0.25) is 0 Å². The summed E-state index contributed by atoms with van der Waals surface area (Å²) in [5.41, 5.74) is -0.648. The summed E-state index contributed by atoms with van der Waals surface area (Å²) in [6.45, 7) is 0.621. The molecule has 1 aliphatic heterocycles. The third-order valence-corrected chi connectivity index (χ3v) is 5.94. The van der Waals surface area contributed by atoms with Crippen molar-refractivity contribution in [3.8, 4) is 11.1 Å². The highest BCUT2D eigenvalue weighted by atomic mass is 19.4. The van der Waals surface area contributed by atoms with E-state index in [1.807, 2.05) is 0 Å². The minimum absolute atomic E-state index is 0.00165. The monoisotopic (exact) mass is 512 g/mol. The SMILES string of the molecule is C[C@@H]1CC(F)(F)CN(C(=O)c2nn(C)cc2-c2cccc(F)c2)[C@@H]1CNc1cnc(C(F)(F)F)cn1. The Hall–Kier alpha value is -3.64. The molecule has 36 heavy (non-hydrogen) atoms. The molecule has 4 rings (SSSR count). The second kappa shape index (κ2) is 9.43. The molecule has 0 bridgehead atoms. The van der Waals surface area contributed by atoms with E-state index in [1.165, 1.54) is 29.1 Å². The van der Waals surface area contributed by atoms with Gasteiger partial charge in [0, 0.05) is 31.8 Å². The minimum Gasteiger partial charge on any atom is -0.367 e. The lowest BCUT2D eigenvalue weighted by molar-refractivity contribution is -0.141. The number of rotatable bonds is 5. The summed E-state index contributed by atoms with van der Waals surface area (Å²) >= 11 is 0. The van der Waals surface area contributed by atoms with E-state index >= 15 is 0 Å². The Kier molecular flexibility index (Phi) is 6.67. The van der Waals surface area contributed by atoms with Crippen LogP contribution in [-0.2, 0) is 13.2 Å². The van der Waals surface area contributed by atoms with E-state index in [1.54, 1.807) is 20.0 Å². The third-order valence-electron chi connectivity index (χ3n) is 5.94.